The molecule has 198 valence electrons. The summed E-state index contributed by atoms with van der Waals surface area (Å²) in [4.78, 5) is 28.6. The summed E-state index contributed by atoms with van der Waals surface area (Å²) < 4.78 is 19.4. The molecule has 9 nitrogen and oxygen atoms in total. The summed E-state index contributed by atoms with van der Waals surface area (Å²) in [6.45, 7) is 3.02. The van der Waals surface area contributed by atoms with Crippen molar-refractivity contribution in [3.63, 3.8) is 0 Å². The third-order valence-corrected chi connectivity index (χ3v) is 7.11. The molecule has 0 spiro atoms. The molecular formula is C28H32FN7O2. The van der Waals surface area contributed by atoms with E-state index < -0.39 is 0 Å². The summed E-state index contributed by atoms with van der Waals surface area (Å²) in [7, 11) is 1.68. The van der Waals surface area contributed by atoms with Crippen LogP contribution >= 0.6 is 0 Å². The van der Waals surface area contributed by atoms with Gasteiger partial charge in [0.1, 0.15) is 23.3 Å². The number of benzene rings is 1. The molecule has 1 aromatic carbocycles. The fourth-order valence-corrected chi connectivity index (χ4v) is 5.01. The number of hydrogen-bond acceptors (Lipinski definition) is 6. The van der Waals surface area contributed by atoms with Crippen molar-refractivity contribution in [2.24, 2.45) is 5.92 Å². The van der Waals surface area contributed by atoms with E-state index in [1.54, 1.807) is 31.5 Å². The maximum atomic E-state index is 13.8. The molecule has 10 heteroatoms. The molecule has 1 atom stereocenters. The minimum Gasteiger partial charge on any atom is -0.377 e. The molecule has 2 aromatic heterocycles. The van der Waals surface area contributed by atoms with Gasteiger partial charge < -0.3 is 24.8 Å². The minimum atomic E-state index is -0.302. The summed E-state index contributed by atoms with van der Waals surface area (Å²) in [6.07, 6.45) is 6.80. The Morgan fingerprint density at radius 1 is 1.21 bits per heavy atom. The number of halogens is 1. The summed E-state index contributed by atoms with van der Waals surface area (Å²) in [5.74, 6) is 1.66. The zero-order valence-electron chi connectivity index (χ0n) is 21.4. The molecule has 0 saturated carbocycles. The Kier molecular flexibility index (Phi) is 7.78. The molecule has 5 rings (SSSR count). The van der Waals surface area contributed by atoms with Gasteiger partial charge in [0.05, 0.1) is 36.8 Å². The van der Waals surface area contributed by atoms with Gasteiger partial charge in [-0.2, -0.15) is 0 Å². The number of amidine groups is 1. The van der Waals surface area contributed by atoms with Crippen molar-refractivity contribution < 1.29 is 13.9 Å². The van der Waals surface area contributed by atoms with Gasteiger partial charge in [-0.05, 0) is 54.8 Å². The standard InChI is InChI=1S/C28H32FN7O2/c1-31-28(37)19-10-12-35(13-11-19)27-7-3-6-22(34-27)23-17-32-26(33-23)9-8-25(30)36-14-15-38-18-24(36)20-4-2-5-21(29)16-20/h2-9,16-17,19,24,30H,10-15,18H2,1H3,(H,31,37)(H,32,33)/b9-8-,30-25?. The molecule has 4 heterocycles. The zero-order chi connectivity index (χ0) is 26.5. The Labute approximate surface area is 221 Å². The predicted molar refractivity (Wildman–Crippen MR) is 144 cm³/mol. The fourth-order valence-electron chi connectivity index (χ4n) is 5.01. The fraction of sp³-hybridized carbons (Fsp3) is 0.357. The van der Waals surface area contributed by atoms with Gasteiger partial charge in [0.15, 0.2) is 0 Å². The van der Waals surface area contributed by atoms with Gasteiger partial charge >= 0.3 is 0 Å². The number of hydrogen-bond donors (Lipinski definition) is 3. The van der Waals surface area contributed by atoms with E-state index in [4.69, 9.17) is 15.1 Å². The van der Waals surface area contributed by atoms with Crippen LogP contribution in [0.3, 0.4) is 0 Å². The molecule has 0 radical (unpaired) electrons. The van der Waals surface area contributed by atoms with Gasteiger partial charge in [-0.1, -0.05) is 18.2 Å². The Morgan fingerprint density at radius 3 is 2.82 bits per heavy atom. The number of aromatic amines is 1. The predicted octanol–water partition coefficient (Wildman–Crippen LogP) is 3.64. The number of nitrogens with zero attached hydrogens (tertiary/aromatic N) is 4. The zero-order valence-corrected chi connectivity index (χ0v) is 21.4. The third kappa shape index (κ3) is 5.75. The Balaban J connectivity index is 1.25. The van der Waals surface area contributed by atoms with E-state index in [-0.39, 0.29) is 23.7 Å². The lowest BCUT2D eigenvalue weighted by Crippen LogP contribution is -2.42. The lowest BCUT2D eigenvalue weighted by atomic mass is 9.96. The second kappa shape index (κ2) is 11.6. The lowest BCUT2D eigenvalue weighted by molar-refractivity contribution is -0.125. The molecule has 1 unspecified atom stereocenters. The highest BCUT2D eigenvalue weighted by Crippen LogP contribution is 2.26. The van der Waals surface area contributed by atoms with Gasteiger partial charge in [0.25, 0.3) is 0 Å². The average Bonchev–Trinajstić information content (AvgIpc) is 3.45. The van der Waals surface area contributed by atoms with Crippen LogP contribution in [0.25, 0.3) is 17.5 Å². The first-order valence-corrected chi connectivity index (χ1v) is 12.9. The number of amides is 1. The van der Waals surface area contributed by atoms with E-state index >= 15 is 0 Å². The monoisotopic (exact) mass is 517 g/mol. The molecule has 3 aromatic rings. The molecule has 2 fully saturated rings. The van der Waals surface area contributed by atoms with Crippen LogP contribution in [-0.2, 0) is 9.53 Å². The maximum Gasteiger partial charge on any atom is 0.222 e. The second-order valence-corrected chi connectivity index (χ2v) is 9.50. The first kappa shape index (κ1) is 25.6. The van der Waals surface area contributed by atoms with Crippen LogP contribution in [0.5, 0.6) is 0 Å². The molecule has 2 aliphatic heterocycles. The molecule has 2 aliphatic rings. The minimum absolute atomic E-state index is 0.0571. The van der Waals surface area contributed by atoms with Crippen LogP contribution in [0.15, 0.2) is 54.7 Å². The van der Waals surface area contributed by atoms with Crippen molar-refractivity contribution in [3.05, 3.63) is 71.9 Å². The first-order chi connectivity index (χ1) is 18.5. The quantitative estimate of drug-likeness (QED) is 0.340. The van der Waals surface area contributed by atoms with Crippen molar-refractivity contribution in [1.82, 2.24) is 25.2 Å². The normalized spacial score (nSPS) is 18.6. The summed E-state index contributed by atoms with van der Waals surface area (Å²) >= 11 is 0. The number of anilines is 1. The molecule has 1 amide bonds. The molecule has 0 bridgehead atoms. The number of piperidine rings is 1. The number of carbonyl (C=O) groups excluding carboxylic acids is 1. The number of rotatable bonds is 6. The van der Waals surface area contributed by atoms with Crippen LogP contribution in [0.4, 0.5) is 10.2 Å². The number of carbonyl (C=O) groups is 1. The average molecular weight is 518 g/mol. The molecule has 38 heavy (non-hydrogen) atoms. The van der Waals surface area contributed by atoms with Crippen LogP contribution in [0, 0.1) is 17.1 Å². The maximum absolute atomic E-state index is 13.8. The van der Waals surface area contributed by atoms with Crippen molar-refractivity contribution >= 4 is 23.6 Å². The number of nitrogens with one attached hydrogen (secondary N) is 3. The van der Waals surface area contributed by atoms with E-state index in [9.17, 15) is 9.18 Å². The van der Waals surface area contributed by atoms with Crippen molar-refractivity contribution in [2.75, 3.05) is 44.8 Å². The molecule has 0 aliphatic carbocycles. The van der Waals surface area contributed by atoms with Gasteiger partial charge in [0, 0.05) is 32.6 Å². The molecular weight excluding hydrogens is 485 g/mol. The Bertz CT molecular complexity index is 1320. The second-order valence-electron chi connectivity index (χ2n) is 9.50. The number of morpholine rings is 1. The highest BCUT2D eigenvalue weighted by atomic mass is 19.1. The number of pyridine rings is 1. The largest absolute Gasteiger partial charge is 0.377 e. The van der Waals surface area contributed by atoms with Crippen molar-refractivity contribution in [1.29, 1.82) is 5.41 Å². The van der Waals surface area contributed by atoms with Crippen LogP contribution in [0.1, 0.15) is 30.3 Å². The van der Waals surface area contributed by atoms with E-state index in [1.165, 1.54) is 12.1 Å². The molecule has 2 saturated heterocycles. The third-order valence-electron chi connectivity index (χ3n) is 7.11. The first-order valence-electron chi connectivity index (χ1n) is 12.9. The van der Waals surface area contributed by atoms with E-state index in [0.29, 0.717) is 31.4 Å². The van der Waals surface area contributed by atoms with Crippen LogP contribution in [-0.4, -0.2) is 71.5 Å². The highest BCUT2D eigenvalue weighted by molar-refractivity contribution is 5.94. The topological polar surface area (TPSA) is 110 Å². The van der Waals surface area contributed by atoms with E-state index in [0.717, 1.165) is 48.7 Å². The van der Waals surface area contributed by atoms with Gasteiger partial charge in [-0.15, -0.1) is 0 Å². The lowest BCUT2D eigenvalue weighted by Gasteiger charge is -2.36. The summed E-state index contributed by atoms with van der Waals surface area (Å²) in [5.41, 5.74) is 2.34. The van der Waals surface area contributed by atoms with Gasteiger partial charge in [-0.25, -0.2) is 14.4 Å². The van der Waals surface area contributed by atoms with Crippen LogP contribution < -0.4 is 10.2 Å². The summed E-state index contributed by atoms with van der Waals surface area (Å²) in [5, 5.41) is 11.4. The van der Waals surface area contributed by atoms with Crippen molar-refractivity contribution in [3.8, 4) is 11.4 Å². The Hall–Kier alpha value is -4.05. The smallest absolute Gasteiger partial charge is 0.222 e. The number of imidazole rings is 1. The van der Waals surface area contributed by atoms with Crippen molar-refractivity contribution in [2.45, 2.75) is 18.9 Å². The summed E-state index contributed by atoms with van der Waals surface area (Å²) in [6, 6.07) is 12.1. The molecule has 3 N–H and O–H groups in total. The number of aromatic nitrogens is 3. The SMILES string of the molecule is CNC(=O)C1CCN(c2cccc(-c3cnc(/C=C\C(=N)N4CCOCC4c4cccc(F)c4)[nH]3)n2)CC1. The van der Waals surface area contributed by atoms with Gasteiger partial charge in [-0.3, -0.25) is 10.2 Å². The Morgan fingerprint density at radius 2 is 2.03 bits per heavy atom. The van der Waals surface area contributed by atoms with E-state index in [1.807, 2.05) is 29.2 Å². The number of ether oxygens (including phenoxy) is 1. The van der Waals surface area contributed by atoms with Crippen LogP contribution in [0.2, 0.25) is 0 Å². The van der Waals surface area contributed by atoms with Gasteiger partial charge in [0.2, 0.25) is 5.91 Å². The van der Waals surface area contributed by atoms with E-state index in [2.05, 4.69) is 20.2 Å². The highest BCUT2D eigenvalue weighted by Gasteiger charge is 2.27. The number of H-pyrrole nitrogens is 1.